The zero-order chi connectivity index (χ0) is 63.5. The maximum absolute atomic E-state index is 6.99. The van der Waals surface area contributed by atoms with Crippen molar-refractivity contribution in [3.8, 4) is 90.0 Å². The number of rotatable bonds is 7. The normalized spacial score (nSPS) is 12.2. The number of hydrogen-bond acceptors (Lipinski definition) is 4. The van der Waals surface area contributed by atoms with E-state index in [9.17, 15) is 0 Å². The Morgan fingerprint density at radius 3 is 1.67 bits per heavy atom. The number of nitrogens with zero attached hydrogens (tertiary/aromatic N) is 5. The van der Waals surface area contributed by atoms with Gasteiger partial charge in [-0.05, 0) is 163 Å². The summed E-state index contributed by atoms with van der Waals surface area (Å²) in [6.45, 7) is 6.69. The smallest absolute Gasteiger partial charge is 0.268 e. The third kappa shape index (κ3) is 8.80. The SMILES string of the molecule is CC(C)(C)c1ccnc(-n2c3[c-]c(Oc4[c-]c(-n5[c-][n+]6c7c(cc(-c8ccc9oc%10ccccc%10c9c8)cc75)-c5ccccc5-c5ccc(-n7c8ccccc8c8ccccc87)cc5-c5cccc(-c7ccc8oc9ccccc9c8c7)c5-6)ccc4)ccc3c3ccccc32)c1.[Pt]. The molecule has 1 aliphatic heterocycles. The van der Waals surface area contributed by atoms with Crippen molar-refractivity contribution >= 4 is 98.5 Å². The summed E-state index contributed by atoms with van der Waals surface area (Å²) >= 11 is 0. The number of hydrogen-bond donors (Lipinski definition) is 0. The Morgan fingerprint density at radius 2 is 0.959 bits per heavy atom. The van der Waals surface area contributed by atoms with Gasteiger partial charge in [0.15, 0.2) is 0 Å². The van der Waals surface area contributed by atoms with Gasteiger partial charge in [0.05, 0.1) is 27.8 Å². The Morgan fingerprint density at radius 1 is 0.392 bits per heavy atom. The fourth-order valence-corrected chi connectivity index (χ4v) is 15.2. The van der Waals surface area contributed by atoms with Crippen LogP contribution in [0.2, 0.25) is 0 Å². The van der Waals surface area contributed by atoms with Gasteiger partial charge < -0.3 is 27.3 Å². The standard InChI is InChI=1S/C88H55N5O3.Pt/c1-88(2,3)56-42-43-89-85(48-56)93-78-31-13-8-24-67(78)68-39-37-60(51-79(68)93)94-59-19-16-18-57(49-59)90-52-91-86-61(54-35-41-84-74(45-54)70-26-10-15-33-82(70)96-84)27-17-28-71(86)72-50-58(92-76-29-11-6-22-65(76)66-23-7-12-30-77(66)92)36-38-64(72)62-20-4-5-21-63(62)75-46-55(47-80(90)87(75)91)53-34-40-83-73(44-53)69-25-9-14-32-81(69)95-83;/h4-48,50H,1-3H3;/q-2;. The summed E-state index contributed by atoms with van der Waals surface area (Å²) in [5, 5.41) is 8.81. The second-order valence-corrected chi connectivity index (χ2v) is 26.2. The first-order valence-electron chi connectivity index (χ1n) is 32.6. The number of ether oxygens (including phenoxy) is 1. The van der Waals surface area contributed by atoms with Gasteiger partial charge in [-0.2, -0.15) is 18.2 Å². The van der Waals surface area contributed by atoms with Crippen LogP contribution in [0.15, 0.2) is 288 Å². The number of imidazole rings is 1. The topological polar surface area (TPSA) is 67.1 Å². The van der Waals surface area contributed by atoms with Crippen LogP contribution in [0, 0.1) is 18.5 Å². The maximum atomic E-state index is 6.99. The first-order valence-corrected chi connectivity index (χ1v) is 32.6. The van der Waals surface area contributed by atoms with Crippen LogP contribution in [-0.4, -0.2) is 18.7 Å². The molecule has 0 fully saturated rings. The van der Waals surface area contributed by atoms with Gasteiger partial charge in [-0.1, -0.05) is 184 Å². The molecule has 20 rings (SSSR count). The molecule has 6 aromatic heterocycles. The second kappa shape index (κ2) is 21.6. The first kappa shape index (κ1) is 56.7. The average Bonchev–Trinajstić information content (AvgIpc) is 1.56. The number of benzene rings is 13. The van der Waals surface area contributed by atoms with E-state index in [-0.39, 0.29) is 26.5 Å². The summed E-state index contributed by atoms with van der Waals surface area (Å²) in [5.41, 5.74) is 23.9. The number of fused-ring (bicyclic) bond motifs is 19. The first-order chi connectivity index (χ1) is 47.2. The second-order valence-electron chi connectivity index (χ2n) is 26.2. The van der Waals surface area contributed by atoms with Crippen LogP contribution in [0.1, 0.15) is 26.3 Å². The molecule has 462 valence electrons. The van der Waals surface area contributed by atoms with Crippen molar-refractivity contribution in [2.45, 2.75) is 26.2 Å². The van der Waals surface area contributed by atoms with Gasteiger partial charge in [-0.15, -0.1) is 29.7 Å². The molecule has 7 heterocycles. The molecule has 0 N–H and O–H groups in total. The van der Waals surface area contributed by atoms with E-state index < -0.39 is 0 Å². The Balaban J connectivity index is 0.00000661. The van der Waals surface area contributed by atoms with Crippen LogP contribution in [-0.2, 0) is 26.5 Å². The summed E-state index contributed by atoms with van der Waals surface area (Å²) in [6.07, 6.45) is 6.02. The molecular formula is C88H55N5O3Pt-2. The van der Waals surface area contributed by atoms with Gasteiger partial charge in [0.25, 0.3) is 6.33 Å². The predicted octanol–water partition coefficient (Wildman–Crippen LogP) is 22.4. The largest absolute Gasteiger partial charge is 0.510 e. The Hall–Kier alpha value is -11.8. The molecule has 0 aliphatic carbocycles. The van der Waals surface area contributed by atoms with E-state index in [4.69, 9.17) is 18.6 Å². The number of para-hydroxylation sites is 6. The van der Waals surface area contributed by atoms with E-state index in [2.05, 4.69) is 288 Å². The Bertz CT molecular complexity index is 6450. The van der Waals surface area contributed by atoms with Crippen molar-refractivity contribution in [1.29, 1.82) is 0 Å². The van der Waals surface area contributed by atoms with Crippen molar-refractivity contribution < 1.29 is 39.2 Å². The molecule has 0 saturated carbocycles. The molecule has 0 spiro atoms. The zero-order valence-corrected chi connectivity index (χ0v) is 55.1. The predicted molar refractivity (Wildman–Crippen MR) is 388 cm³/mol. The summed E-state index contributed by atoms with van der Waals surface area (Å²) in [7, 11) is 0. The zero-order valence-electron chi connectivity index (χ0n) is 52.8. The average molecular weight is 1430 g/mol. The van der Waals surface area contributed by atoms with Crippen LogP contribution >= 0.6 is 0 Å². The minimum absolute atomic E-state index is 0. The number of pyridine rings is 1. The number of aromatic nitrogens is 5. The molecule has 1 aliphatic rings. The molecule has 0 saturated heterocycles. The van der Waals surface area contributed by atoms with Crippen molar-refractivity contribution in [3.05, 3.63) is 303 Å². The molecular weight excluding hydrogens is 1370 g/mol. The molecule has 0 unspecified atom stereocenters. The minimum Gasteiger partial charge on any atom is -0.510 e. The third-order valence-corrected chi connectivity index (χ3v) is 19.7. The minimum atomic E-state index is -0.0777. The summed E-state index contributed by atoms with van der Waals surface area (Å²) < 4.78 is 29.1. The maximum Gasteiger partial charge on any atom is 0.268 e. The molecule has 8 nitrogen and oxygen atoms in total. The fourth-order valence-electron chi connectivity index (χ4n) is 15.2. The van der Waals surface area contributed by atoms with Crippen molar-refractivity contribution in [2.24, 2.45) is 0 Å². The van der Waals surface area contributed by atoms with Crippen LogP contribution in [0.3, 0.4) is 0 Å². The van der Waals surface area contributed by atoms with Crippen LogP contribution < -0.4 is 9.30 Å². The number of furan rings is 2. The molecule has 9 heteroatoms. The van der Waals surface area contributed by atoms with Crippen molar-refractivity contribution in [3.63, 3.8) is 0 Å². The summed E-state index contributed by atoms with van der Waals surface area (Å²) in [4.78, 5) is 4.96. The van der Waals surface area contributed by atoms with E-state index >= 15 is 0 Å². The molecule has 97 heavy (non-hydrogen) atoms. The Kier molecular flexibility index (Phi) is 12.6. The molecule has 13 aromatic carbocycles. The van der Waals surface area contributed by atoms with Gasteiger partial charge in [-0.25, -0.2) is 4.98 Å². The van der Waals surface area contributed by atoms with E-state index in [1.54, 1.807) is 0 Å². The van der Waals surface area contributed by atoms with Crippen molar-refractivity contribution in [2.75, 3.05) is 0 Å². The summed E-state index contributed by atoms with van der Waals surface area (Å²) in [5.74, 6) is 1.90. The van der Waals surface area contributed by atoms with Gasteiger partial charge in [0, 0.05) is 82.3 Å². The monoisotopic (exact) mass is 1420 g/mol. The van der Waals surface area contributed by atoms with E-state index in [0.717, 1.165) is 166 Å². The van der Waals surface area contributed by atoms with E-state index in [0.29, 0.717) is 11.5 Å². The van der Waals surface area contributed by atoms with Crippen LogP contribution in [0.5, 0.6) is 11.5 Å². The molecule has 19 aromatic rings. The van der Waals surface area contributed by atoms with Crippen LogP contribution in [0.25, 0.3) is 177 Å². The van der Waals surface area contributed by atoms with Crippen LogP contribution in [0.4, 0.5) is 0 Å². The van der Waals surface area contributed by atoms with Gasteiger partial charge in [0.1, 0.15) is 28.1 Å². The Labute approximate surface area is 572 Å². The third-order valence-electron chi connectivity index (χ3n) is 19.7. The molecule has 0 radical (unpaired) electrons. The van der Waals surface area contributed by atoms with E-state index in [1.165, 1.54) is 16.3 Å². The van der Waals surface area contributed by atoms with Gasteiger partial charge in [-0.3, -0.25) is 4.57 Å². The molecule has 0 amide bonds. The van der Waals surface area contributed by atoms with Gasteiger partial charge >= 0.3 is 0 Å². The molecule has 0 bridgehead atoms. The van der Waals surface area contributed by atoms with Gasteiger partial charge in [0.2, 0.25) is 0 Å². The fraction of sp³-hybridized carbons (Fsp3) is 0.0455. The molecule has 0 atom stereocenters. The quantitative estimate of drug-likeness (QED) is 0.118. The van der Waals surface area contributed by atoms with Crippen molar-refractivity contribution in [1.82, 2.24) is 18.7 Å². The van der Waals surface area contributed by atoms with E-state index in [1.807, 2.05) is 48.7 Å². The summed E-state index contributed by atoms with van der Waals surface area (Å²) in [6, 6.07) is 105.